The quantitative estimate of drug-likeness (QED) is 0.754. The van der Waals surface area contributed by atoms with Crippen molar-refractivity contribution >= 4 is 11.9 Å². The summed E-state index contributed by atoms with van der Waals surface area (Å²) in [7, 11) is 1.19. The molecular formula is C14H15F3O5. The second-order valence-electron chi connectivity index (χ2n) is 4.13. The minimum absolute atomic E-state index is 0.00434. The minimum Gasteiger partial charge on any atom is -0.469 e. The molecular weight excluding hydrogens is 305 g/mol. The fraction of sp³-hybridized carbons (Fsp3) is 0.429. The minimum atomic E-state index is -4.94. The Morgan fingerprint density at radius 2 is 1.91 bits per heavy atom. The van der Waals surface area contributed by atoms with Crippen LogP contribution in [-0.4, -0.2) is 32.0 Å². The van der Waals surface area contributed by atoms with Gasteiger partial charge in [0.05, 0.1) is 13.7 Å². The first-order valence-corrected chi connectivity index (χ1v) is 6.40. The number of carbonyl (C=O) groups excluding carboxylic acids is 2. The first-order chi connectivity index (χ1) is 10.3. The van der Waals surface area contributed by atoms with Gasteiger partial charge in [-0.1, -0.05) is 12.1 Å². The van der Waals surface area contributed by atoms with Gasteiger partial charge in [0, 0.05) is 6.42 Å². The number of benzene rings is 1. The van der Waals surface area contributed by atoms with Crippen molar-refractivity contribution in [2.45, 2.75) is 26.1 Å². The van der Waals surface area contributed by atoms with Crippen LogP contribution in [0.4, 0.5) is 13.2 Å². The summed E-state index contributed by atoms with van der Waals surface area (Å²) in [5, 5.41) is 0. The van der Waals surface area contributed by atoms with Gasteiger partial charge in [-0.3, -0.25) is 4.79 Å². The van der Waals surface area contributed by atoms with E-state index in [1.165, 1.54) is 26.2 Å². The van der Waals surface area contributed by atoms with E-state index in [0.717, 1.165) is 6.07 Å². The predicted molar refractivity (Wildman–Crippen MR) is 69.4 cm³/mol. The van der Waals surface area contributed by atoms with E-state index < -0.39 is 24.1 Å². The summed E-state index contributed by atoms with van der Waals surface area (Å²) in [5.41, 5.74) is -0.129. The SMILES string of the molecule is CCOC(=O)c1c(CCC(=O)OC)cccc1OC(F)(F)F. The van der Waals surface area contributed by atoms with Gasteiger partial charge in [-0.25, -0.2) is 4.79 Å². The molecule has 1 aromatic carbocycles. The smallest absolute Gasteiger partial charge is 0.469 e. The highest BCUT2D eigenvalue weighted by atomic mass is 19.4. The van der Waals surface area contributed by atoms with Crippen LogP contribution in [0, 0.1) is 0 Å². The molecule has 0 N–H and O–H groups in total. The van der Waals surface area contributed by atoms with Crippen molar-refractivity contribution in [1.82, 2.24) is 0 Å². The third kappa shape index (κ3) is 5.27. The van der Waals surface area contributed by atoms with Gasteiger partial charge in [-0.2, -0.15) is 0 Å². The monoisotopic (exact) mass is 320 g/mol. The molecule has 0 aliphatic carbocycles. The first kappa shape index (κ1) is 17.8. The Hall–Kier alpha value is -2.25. The predicted octanol–water partition coefficient (Wildman–Crippen LogP) is 2.87. The third-order valence-electron chi connectivity index (χ3n) is 2.64. The Kier molecular flexibility index (Phi) is 6.21. The van der Waals surface area contributed by atoms with Crippen molar-refractivity contribution in [3.8, 4) is 5.75 Å². The maximum absolute atomic E-state index is 12.4. The largest absolute Gasteiger partial charge is 0.573 e. The molecule has 0 saturated carbocycles. The lowest BCUT2D eigenvalue weighted by atomic mass is 10.0. The molecule has 0 amide bonds. The number of methoxy groups -OCH3 is 1. The zero-order valence-electron chi connectivity index (χ0n) is 12.0. The van der Waals surface area contributed by atoms with E-state index >= 15 is 0 Å². The lowest BCUT2D eigenvalue weighted by Crippen LogP contribution is -2.20. The molecule has 0 spiro atoms. The Balaban J connectivity index is 3.16. The number of esters is 2. The van der Waals surface area contributed by atoms with Gasteiger partial charge in [0.2, 0.25) is 0 Å². The molecule has 0 aliphatic rings. The number of ether oxygens (including phenoxy) is 3. The van der Waals surface area contributed by atoms with Gasteiger partial charge >= 0.3 is 18.3 Å². The van der Waals surface area contributed by atoms with Crippen molar-refractivity contribution in [1.29, 1.82) is 0 Å². The van der Waals surface area contributed by atoms with E-state index in [9.17, 15) is 22.8 Å². The molecule has 5 nitrogen and oxygen atoms in total. The molecule has 0 saturated heterocycles. The second kappa shape index (κ2) is 7.67. The van der Waals surface area contributed by atoms with Crippen molar-refractivity contribution in [3.05, 3.63) is 29.3 Å². The van der Waals surface area contributed by atoms with Crippen LogP contribution in [0.5, 0.6) is 5.75 Å². The average Bonchev–Trinajstić information content (AvgIpc) is 2.43. The van der Waals surface area contributed by atoms with Gasteiger partial charge in [0.1, 0.15) is 11.3 Å². The van der Waals surface area contributed by atoms with Crippen LogP contribution < -0.4 is 4.74 Å². The normalized spacial score (nSPS) is 11.0. The van der Waals surface area contributed by atoms with Crippen molar-refractivity contribution in [3.63, 3.8) is 0 Å². The van der Waals surface area contributed by atoms with Gasteiger partial charge in [-0.05, 0) is 25.0 Å². The van der Waals surface area contributed by atoms with Gasteiger partial charge in [-0.15, -0.1) is 13.2 Å². The molecule has 22 heavy (non-hydrogen) atoms. The number of alkyl halides is 3. The number of aryl methyl sites for hydroxylation is 1. The second-order valence-corrected chi connectivity index (χ2v) is 4.13. The average molecular weight is 320 g/mol. The van der Waals surface area contributed by atoms with Crippen LogP contribution >= 0.6 is 0 Å². The topological polar surface area (TPSA) is 61.8 Å². The summed E-state index contributed by atoms with van der Waals surface area (Å²) in [5.74, 6) is -2.15. The Labute approximate surface area is 125 Å². The zero-order valence-corrected chi connectivity index (χ0v) is 12.0. The summed E-state index contributed by atoms with van der Waals surface area (Å²) in [6, 6.07) is 3.75. The molecule has 122 valence electrons. The van der Waals surface area contributed by atoms with Crippen molar-refractivity contribution in [2.24, 2.45) is 0 Å². The number of hydrogen-bond donors (Lipinski definition) is 0. The molecule has 0 bridgehead atoms. The summed E-state index contributed by atoms with van der Waals surface area (Å²) in [6.45, 7) is 1.52. The highest BCUT2D eigenvalue weighted by molar-refractivity contribution is 5.94. The Morgan fingerprint density at radius 1 is 1.23 bits per heavy atom. The highest BCUT2D eigenvalue weighted by Crippen LogP contribution is 2.30. The summed E-state index contributed by atoms with van der Waals surface area (Å²) in [4.78, 5) is 23.1. The number of halogens is 3. The van der Waals surface area contributed by atoms with Crippen LogP contribution in [0.3, 0.4) is 0 Å². The fourth-order valence-electron chi connectivity index (χ4n) is 1.77. The highest BCUT2D eigenvalue weighted by Gasteiger charge is 2.34. The number of carbonyl (C=O) groups is 2. The maximum atomic E-state index is 12.4. The van der Waals surface area contributed by atoms with Crippen LogP contribution in [0.2, 0.25) is 0 Å². The molecule has 0 atom stereocenters. The molecule has 1 aromatic rings. The summed E-state index contributed by atoms with van der Waals surface area (Å²) < 4.78 is 50.3. The molecule has 0 radical (unpaired) electrons. The third-order valence-corrected chi connectivity index (χ3v) is 2.64. The van der Waals surface area contributed by atoms with Gasteiger partial charge < -0.3 is 14.2 Å². The zero-order chi connectivity index (χ0) is 16.8. The molecule has 0 aliphatic heterocycles. The molecule has 0 fully saturated rings. The summed E-state index contributed by atoms with van der Waals surface area (Å²) >= 11 is 0. The van der Waals surface area contributed by atoms with Crippen LogP contribution in [0.1, 0.15) is 29.3 Å². The Morgan fingerprint density at radius 3 is 2.45 bits per heavy atom. The Bertz CT molecular complexity index is 540. The molecule has 0 aromatic heterocycles. The molecule has 1 rings (SSSR count). The van der Waals surface area contributed by atoms with E-state index in [-0.39, 0.29) is 30.6 Å². The molecule has 0 unspecified atom stereocenters. The van der Waals surface area contributed by atoms with E-state index in [0.29, 0.717) is 0 Å². The lowest BCUT2D eigenvalue weighted by Gasteiger charge is -2.15. The van der Waals surface area contributed by atoms with Crippen LogP contribution in [0.25, 0.3) is 0 Å². The van der Waals surface area contributed by atoms with Crippen LogP contribution in [-0.2, 0) is 20.7 Å². The molecule has 0 heterocycles. The van der Waals surface area contributed by atoms with E-state index in [2.05, 4.69) is 9.47 Å². The van der Waals surface area contributed by atoms with E-state index in [1.54, 1.807) is 0 Å². The van der Waals surface area contributed by atoms with Crippen molar-refractivity contribution < 1.29 is 37.0 Å². The fourth-order valence-corrected chi connectivity index (χ4v) is 1.77. The van der Waals surface area contributed by atoms with Gasteiger partial charge in [0.15, 0.2) is 0 Å². The number of hydrogen-bond acceptors (Lipinski definition) is 5. The molecule has 8 heteroatoms. The number of rotatable bonds is 6. The standard InChI is InChI=1S/C14H15F3O5/c1-3-21-13(19)12-9(7-8-11(18)20-2)5-4-6-10(12)22-14(15,16)17/h4-6H,3,7-8H2,1-2H3. The van der Waals surface area contributed by atoms with E-state index in [1.807, 2.05) is 0 Å². The van der Waals surface area contributed by atoms with Gasteiger partial charge in [0.25, 0.3) is 0 Å². The summed E-state index contributed by atoms with van der Waals surface area (Å²) in [6.07, 6.45) is -5.00. The van der Waals surface area contributed by atoms with Crippen LogP contribution in [0.15, 0.2) is 18.2 Å². The van der Waals surface area contributed by atoms with Crippen molar-refractivity contribution in [2.75, 3.05) is 13.7 Å². The lowest BCUT2D eigenvalue weighted by molar-refractivity contribution is -0.274. The maximum Gasteiger partial charge on any atom is 0.573 e. The van der Waals surface area contributed by atoms with E-state index in [4.69, 9.17) is 4.74 Å². The first-order valence-electron chi connectivity index (χ1n) is 6.40.